The molecule has 4 aromatic rings. The minimum Gasteiger partial charge on any atom is -0.456 e. The summed E-state index contributed by atoms with van der Waals surface area (Å²) in [6, 6.07) is 9.30. The third kappa shape index (κ3) is 6.77. The van der Waals surface area contributed by atoms with Gasteiger partial charge < -0.3 is 19.1 Å². The van der Waals surface area contributed by atoms with Crippen molar-refractivity contribution in [1.29, 1.82) is 0 Å². The Labute approximate surface area is 303 Å². The molecule has 0 radical (unpaired) electrons. The van der Waals surface area contributed by atoms with Crippen molar-refractivity contribution >= 4 is 17.8 Å². The van der Waals surface area contributed by atoms with E-state index in [1.807, 2.05) is 53.6 Å². The molecule has 0 N–H and O–H groups in total. The Hall–Kier alpha value is -4.81. The lowest BCUT2D eigenvalue weighted by Crippen LogP contribution is -2.62. The number of carbonyl (C=O) groups is 3. The fourth-order valence-electron chi connectivity index (χ4n) is 8.31. The molecule has 52 heavy (non-hydrogen) atoms. The molecule has 2 amide bonds. The van der Waals surface area contributed by atoms with Crippen LogP contribution in [0.3, 0.4) is 0 Å². The summed E-state index contributed by atoms with van der Waals surface area (Å²) in [5, 5.41) is 13.7. The SMILES string of the molecule is CC(C)(C)OC(=O)c1ccc(Cn2cc(C(=O)N3CC(c4noc(Cn5ccc(C6CCCC6)n5)n4)C4(C3)CN(C(=O)[C@H]3CC3(C)C)C4)cn2)cc1. The molecule has 2 saturated carbocycles. The third-order valence-corrected chi connectivity index (χ3v) is 11.4. The maximum atomic E-state index is 14.0. The van der Waals surface area contributed by atoms with Crippen molar-refractivity contribution in [3.05, 3.63) is 83.0 Å². The number of amides is 2. The molecule has 3 aromatic heterocycles. The number of esters is 1. The lowest BCUT2D eigenvalue weighted by molar-refractivity contribution is -0.145. The average molecular weight is 709 g/mol. The van der Waals surface area contributed by atoms with Crippen molar-refractivity contribution in [2.24, 2.45) is 16.7 Å². The van der Waals surface area contributed by atoms with E-state index in [1.54, 1.807) is 29.2 Å². The highest BCUT2D eigenvalue weighted by Gasteiger charge is 2.61. The van der Waals surface area contributed by atoms with E-state index in [1.165, 1.54) is 25.7 Å². The predicted octanol–water partition coefficient (Wildman–Crippen LogP) is 5.29. The summed E-state index contributed by atoms with van der Waals surface area (Å²) in [5.41, 5.74) is 2.14. The van der Waals surface area contributed by atoms with Gasteiger partial charge in [0.25, 0.3) is 5.91 Å². The number of hydrogen-bond donors (Lipinski definition) is 0. The van der Waals surface area contributed by atoms with Gasteiger partial charge in [0.15, 0.2) is 5.82 Å². The van der Waals surface area contributed by atoms with Crippen LogP contribution in [0.5, 0.6) is 0 Å². The summed E-state index contributed by atoms with van der Waals surface area (Å²) in [7, 11) is 0. The summed E-state index contributed by atoms with van der Waals surface area (Å²) in [6.45, 7) is 12.6. The molecule has 4 fully saturated rings. The Morgan fingerprint density at radius 2 is 1.65 bits per heavy atom. The molecule has 2 aliphatic heterocycles. The van der Waals surface area contributed by atoms with E-state index in [9.17, 15) is 14.4 Å². The summed E-state index contributed by atoms with van der Waals surface area (Å²) in [5.74, 6) is 1.15. The minimum atomic E-state index is -0.569. The van der Waals surface area contributed by atoms with Gasteiger partial charge in [0.2, 0.25) is 11.8 Å². The van der Waals surface area contributed by atoms with Crippen LogP contribution in [0.1, 0.15) is 122 Å². The fourth-order valence-corrected chi connectivity index (χ4v) is 8.31. The summed E-state index contributed by atoms with van der Waals surface area (Å²) < 4.78 is 14.8. The van der Waals surface area contributed by atoms with Gasteiger partial charge in [-0.1, -0.05) is 44.0 Å². The molecule has 1 aromatic carbocycles. The van der Waals surface area contributed by atoms with Gasteiger partial charge in [-0.2, -0.15) is 15.2 Å². The third-order valence-electron chi connectivity index (χ3n) is 11.4. The van der Waals surface area contributed by atoms with Crippen molar-refractivity contribution in [1.82, 2.24) is 39.5 Å². The van der Waals surface area contributed by atoms with Crippen molar-refractivity contribution in [3.8, 4) is 0 Å². The number of ether oxygens (including phenoxy) is 1. The molecule has 1 spiro atoms. The Kier molecular flexibility index (Phi) is 8.37. The second-order valence-electron chi connectivity index (χ2n) is 17.1. The summed E-state index contributed by atoms with van der Waals surface area (Å²) in [4.78, 5) is 48.4. The van der Waals surface area contributed by atoms with E-state index in [4.69, 9.17) is 19.3 Å². The predicted molar refractivity (Wildman–Crippen MR) is 189 cm³/mol. The van der Waals surface area contributed by atoms with Crippen LogP contribution in [-0.2, 0) is 22.6 Å². The molecular weight excluding hydrogens is 660 g/mol. The first-order valence-electron chi connectivity index (χ1n) is 18.5. The second kappa shape index (κ2) is 12.7. The molecule has 274 valence electrons. The molecule has 2 saturated heterocycles. The van der Waals surface area contributed by atoms with Gasteiger partial charge in [-0.05, 0) is 69.2 Å². The highest BCUT2D eigenvalue weighted by Crippen LogP contribution is 2.55. The number of aromatic nitrogens is 6. The van der Waals surface area contributed by atoms with Crippen LogP contribution >= 0.6 is 0 Å². The van der Waals surface area contributed by atoms with Gasteiger partial charge in [-0.3, -0.25) is 19.0 Å². The molecular formula is C39H48N8O5. The fraction of sp³-hybridized carbons (Fsp3) is 0.564. The van der Waals surface area contributed by atoms with Gasteiger partial charge >= 0.3 is 5.97 Å². The van der Waals surface area contributed by atoms with Crippen LogP contribution in [0.25, 0.3) is 0 Å². The molecule has 0 bridgehead atoms. The molecule has 2 atom stereocenters. The van der Waals surface area contributed by atoms with Crippen LogP contribution in [0.4, 0.5) is 0 Å². The summed E-state index contributed by atoms with van der Waals surface area (Å²) in [6.07, 6.45) is 11.1. The Bertz CT molecular complexity index is 1970. The van der Waals surface area contributed by atoms with Gasteiger partial charge in [-0.25, -0.2) is 4.79 Å². The lowest BCUT2D eigenvalue weighted by Gasteiger charge is -2.50. The Balaban J connectivity index is 0.958. The van der Waals surface area contributed by atoms with Crippen LogP contribution in [0.2, 0.25) is 0 Å². The maximum Gasteiger partial charge on any atom is 0.338 e. The first kappa shape index (κ1) is 34.3. The van der Waals surface area contributed by atoms with Crippen molar-refractivity contribution in [3.63, 3.8) is 0 Å². The highest BCUT2D eigenvalue weighted by atomic mass is 16.6. The molecule has 2 aliphatic carbocycles. The van der Waals surface area contributed by atoms with Crippen LogP contribution < -0.4 is 0 Å². The van der Waals surface area contributed by atoms with E-state index >= 15 is 0 Å². The number of hydrogen-bond acceptors (Lipinski definition) is 9. The zero-order chi connectivity index (χ0) is 36.4. The van der Waals surface area contributed by atoms with E-state index in [0.29, 0.717) is 68.0 Å². The van der Waals surface area contributed by atoms with Crippen molar-refractivity contribution in [2.45, 2.75) is 97.2 Å². The van der Waals surface area contributed by atoms with Gasteiger partial charge in [0.05, 0.1) is 35.5 Å². The quantitative estimate of drug-likeness (QED) is 0.212. The standard InChI is InChI=1S/C39H48N8O5/c1-37(2,3)51-36(50)27-12-10-25(11-13-27)18-47-19-28(17-40-47)34(48)44-20-30(39(22-44)23-45(24-39)35(49)29-16-38(29,4)5)33-41-32(52-43-33)21-46-15-14-31(42-46)26-8-6-7-9-26/h10-15,17,19,26,29-30H,6-9,16,18,20-24H2,1-5H3/t29-,30?/m1/s1. The molecule has 1 unspecified atom stereocenters. The van der Waals surface area contributed by atoms with Gasteiger partial charge in [0.1, 0.15) is 12.1 Å². The van der Waals surface area contributed by atoms with Gasteiger partial charge in [0, 0.05) is 55.8 Å². The topological polar surface area (TPSA) is 141 Å². The zero-order valence-electron chi connectivity index (χ0n) is 30.7. The molecule has 4 aliphatic rings. The number of likely N-dealkylation sites (tertiary alicyclic amines) is 2. The Morgan fingerprint density at radius 3 is 2.35 bits per heavy atom. The Morgan fingerprint density at radius 1 is 0.942 bits per heavy atom. The zero-order valence-corrected chi connectivity index (χ0v) is 30.7. The average Bonchev–Trinajstić information content (AvgIpc) is 3.81. The normalized spacial score (nSPS) is 22.2. The van der Waals surface area contributed by atoms with E-state index in [2.05, 4.69) is 30.2 Å². The van der Waals surface area contributed by atoms with E-state index < -0.39 is 5.60 Å². The molecule has 13 nitrogen and oxygen atoms in total. The largest absolute Gasteiger partial charge is 0.456 e. The maximum absolute atomic E-state index is 14.0. The number of carbonyl (C=O) groups excluding carboxylic acids is 3. The lowest BCUT2D eigenvalue weighted by atomic mass is 9.71. The first-order chi connectivity index (χ1) is 24.7. The highest BCUT2D eigenvalue weighted by molar-refractivity contribution is 5.94. The summed E-state index contributed by atoms with van der Waals surface area (Å²) >= 11 is 0. The van der Waals surface area contributed by atoms with Gasteiger partial charge in [-0.15, -0.1) is 0 Å². The second-order valence-corrected chi connectivity index (χ2v) is 17.1. The number of benzene rings is 1. The number of rotatable bonds is 9. The van der Waals surface area contributed by atoms with Crippen LogP contribution in [-0.4, -0.2) is 89.1 Å². The molecule has 13 heteroatoms. The monoisotopic (exact) mass is 708 g/mol. The van der Waals surface area contributed by atoms with Crippen LogP contribution in [0.15, 0.2) is 53.4 Å². The van der Waals surface area contributed by atoms with Crippen molar-refractivity contribution in [2.75, 3.05) is 26.2 Å². The van der Waals surface area contributed by atoms with Crippen LogP contribution in [0, 0.1) is 16.7 Å². The van der Waals surface area contributed by atoms with E-state index in [-0.39, 0.29) is 40.4 Å². The smallest absolute Gasteiger partial charge is 0.338 e. The molecule has 5 heterocycles. The first-order valence-corrected chi connectivity index (χ1v) is 18.5. The van der Waals surface area contributed by atoms with Crippen molar-refractivity contribution < 1.29 is 23.6 Å². The van der Waals surface area contributed by atoms with E-state index in [0.717, 1.165) is 17.7 Å². The number of nitrogens with zero attached hydrogens (tertiary/aromatic N) is 8. The molecule has 8 rings (SSSR count). The minimum absolute atomic E-state index is 0.0455.